The maximum absolute atomic E-state index is 14.3. The van der Waals surface area contributed by atoms with Crippen LogP contribution in [0.4, 0.5) is 9.18 Å². The molecule has 1 aromatic carbocycles. The van der Waals surface area contributed by atoms with E-state index in [4.69, 9.17) is 14.8 Å². The lowest BCUT2D eigenvalue weighted by atomic mass is 9.80. The van der Waals surface area contributed by atoms with Gasteiger partial charge in [-0.15, -0.1) is 0 Å². The number of hydrogen-bond acceptors (Lipinski definition) is 6. The molecule has 0 radical (unpaired) electrons. The quantitative estimate of drug-likeness (QED) is 0.458. The number of benzene rings is 1. The number of likely N-dealkylation sites (tertiary alicyclic amines) is 1. The summed E-state index contributed by atoms with van der Waals surface area (Å²) in [5.41, 5.74) is -0.390. The zero-order valence-electron chi connectivity index (χ0n) is 18.0. The highest BCUT2D eigenvalue weighted by atomic mass is 19.1. The van der Waals surface area contributed by atoms with E-state index < -0.39 is 36.8 Å². The minimum atomic E-state index is -1.77. The van der Waals surface area contributed by atoms with E-state index in [2.05, 4.69) is 17.0 Å². The zero-order chi connectivity index (χ0) is 22.9. The van der Waals surface area contributed by atoms with E-state index in [1.807, 2.05) is 0 Å². The Balaban J connectivity index is 1.71. The van der Waals surface area contributed by atoms with Crippen LogP contribution < -0.4 is 10.8 Å². The largest absolute Gasteiger partial charge is 0.488 e. The molecule has 2 fully saturated rings. The van der Waals surface area contributed by atoms with Gasteiger partial charge < -0.3 is 20.1 Å². The molecule has 2 bridgehead atoms. The maximum Gasteiger partial charge on any atom is 0.488 e. The standard InChI is InChI=1S/C21H29BFN3O5/c1-21(2,3)31-20(28)26-15-8-6-13(9-15)18(26)19(27)25-17(24-4)10-12-5-7-14(22(29)30)11-16(12)23/h5,7,11,13,15,17-18,29-30H,4,6,8-10H2,1-3H3,(H,25,27)/t13-,15+,17-,18-/m0/s1. The predicted molar refractivity (Wildman–Crippen MR) is 114 cm³/mol. The fourth-order valence-corrected chi connectivity index (χ4v) is 4.41. The van der Waals surface area contributed by atoms with E-state index >= 15 is 0 Å². The minimum Gasteiger partial charge on any atom is -0.444 e. The summed E-state index contributed by atoms with van der Waals surface area (Å²) in [6, 6.07) is 3.15. The van der Waals surface area contributed by atoms with Crippen molar-refractivity contribution >= 4 is 31.3 Å². The summed E-state index contributed by atoms with van der Waals surface area (Å²) in [7, 11) is -1.77. The van der Waals surface area contributed by atoms with Crippen LogP contribution in [0, 0.1) is 11.7 Å². The van der Waals surface area contributed by atoms with Crippen molar-refractivity contribution in [3.63, 3.8) is 0 Å². The van der Waals surface area contributed by atoms with Crippen LogP contribution in [0.15, 0.2) is 23.2 Å². The number of aliphatic imine (C=N–C) groups is 1. The number of rotatable bonds is 6. The Hall–Kier alpha value is -2.46. The molecule has 0 spiro atoms. The van der Waals surface area contributed by atoms with Crippen LogP contribution in [0.2, 0.25) is 0 Å². The van der Waals surface area contributed by atoms with Gasteiger partial charge in [-0.2, -0.15) is 0 Å². The Morgan fingerprint density at radius 1 is 1.39 bits per heavy atom. The van der Waals surface area contributed by atoms with Gasteiger partial charge in [-0.25, -0.2) is 9.18 Å². The van der Waals surface area contributed by atoms with Crippen LogP contribution in [-0.2, 0) is 16.0 Å². The van der Waals surface area contributed by atoms with Crippen LogP contribution >= 0.6 is 0 Å². The molecule has 3 N–H and O–H groups in total. The van der Waals surface area contributed by atoms with Crippen LogP contribution in [-0.4, -0.2) is 64.6 Å². The molecule has 168 valence electrons. The van der Waals surface area contributed by atoms with Gasteiger partial charge in [-0.1, -0.05) is 12.1 Å². The molecule has 2 amide bonds. The van der Waals surface area contributed by atoms with Crippen molar-refractivity contribution in [1.29, 1.82) is 0 Å². The lowest BCUT2D eigenvalue weighted by Crippen LogP contribution is -2.55. The number of fused-ring (bicyclic) bond motifs is 2. The van der Waals surface area contributed by atoms with Gasteiger partial charge in [-0.05, 0) is 69.8 Å². The number of amides is 2. The second-order valence-corrected chi connectivity index (χ2v) is 9.20. The van der Waals surface area contributed by atoms with E-state index in [1.54, 1.807) is 20.8 Å². The number of hydrogen-bond donors (Lipinski definition) is 3. The van der Waals surface area contributed by atoms with Crippen LogP contribution in [0.5, 0.6) is 0 Å². The third-order valence-electron chi connectivity index (χ3n) is 5.78. The molecule has 1 aliphatic heterocycles. The Morgan fingerprint density at radius 2 is 2.10 bits per heavy atom. The molecule has 1 aliphatic carbocycles. The molecular weight excluding hydrogens is 404 g/mol. The molecule has 1 saturated heterocycles. The van der Waals surface area contributed by atoms with Crippen molar-refractivity contribution in [2.45, 2.75) is 70.3 Å². The summed E-state index contributed by atoms with van der Waals surface area (Å²) >= 11 is 0. The maximum atomic E-state index is 14.3. The lowest BCUT2D eigenvalue weighted by molar-refractivity contribution is -0.128. The smallest absolute Gasteiger partial charge is 0.444 e. The molecule has 10 heteroatoms. The summed E-state index contributed by atoms with van der Waals surface area (Å²) < 4.78 is 19.8. The zero-order valence-corrected chi connectivity index (χ0v) is 18.0. The van der Waals surface area contributed by atoms with Gasteiger partial charge in [0.1, 0.15) is 23.6 Å². The number of carbonyl (C=O) groups is 2. The Bertz CT molecular complexity index is 860. The van der Waals surface area contributed by atoms with Gasteiger partial charge in [0.05, 0.1) is 0 Å². The highest BCUT2D eigenvalue weighted by molar-refractivity contribution is 6.58. The van der Waals surface area contributed by atoms with Crippen molar-refractivity contribution in [2.24, 2.45) is 10.9 Å². The van der Waals surface area contributed by atoms with Crippen molar-refractivity contribution in [2.75, 3.05) is 0 Å². The van der Waals surface area contributed by atoms with E-state index in [0.29, 0.717) is 0 Å². The number of nitrogens with zero attached hydrogens (tertiary/aromatic N) is 2. The number of halogens is 1. The molecule has 31 heavy (non-hydrogen) atoms. The summed E-state index contributed by atoms with van der Waals surface area (Å²) in [6.07, 6.45) is 1.18. The topological polar surface area (TPSA) is 111 Å². The molecular formula is C21H29BFN3O5. The molecule has 4 atom stereocenters. The number of carbonyl (C=O) groups excluding carboxylic acids is 2. The second-order valence-electron chi connectivity index (χ2n) is 9.20. The first-order valence-corrected chi connectivity index (χ1v) is 10.4. The first-order chi connectivity index (χ1) is 14.5. The van der Waals surface area contributed by atoms with E-state index in [-0.39, 0.29) is 35.3 Å². The Labute approximate surface area is 181 Å². The molecule has 1 aromatic rings. The third kappa shape index (κ3) is 5.24. The molecule has 3 rings (SSSR count). The van der Waals surface area contributed by atoms with Gasteiger partial charge in [0.25, 0.3) is 0 Å². The van der Waals surface area contributed by atoms with Gasteiger partial charge in [0, 0.05) is 12.5 Å². The van der Waals surface area contributed by atoms with Gasteiger partial charge in [0.2, 0.25) is 5.91 Å². The summed E-state index contributed by atoms with van der Waals surface area (Å²) in [5, 5.41) is 21.1. The van der Waals surface area contributed by atoms with Crippen LogP contribution in [0.3, 0.4) is 0 Å². The van der Waals surface area contributed by atoms with Gasteiger partial charge >= 0.3 is 13.2 Å². The highest BCUT2D eigenvalue weighted by Gasteiger charge is 2.52. The third-order valence-corrected chi connectivity index (χ3v) is 5.78. The molecule has 0 unspecified atom stereocenters. The summed E-state index contributed by atoms with van der Waals surface area (Å²) in [5.74, 6) is -0.952. The Morgan fingerprint density at radius 3 is 2.68 bits per heavy atom. The molecule has 8 nitrogen and oxygen atoms in total. The number of nitrogens with one attached hydrogen (secondary N) is 1. The summed E-state index contributed by atoms with van der Waals surface area (Å²) in [6.45, 7) is 8.83. The average Bonchev–Trinajstić information content (AvgIpc) is 3.28. The first-order valence-electron chi connectivity index (χ1n) is 10.4. The van der Waals surface area contributed by atoms with Crippen molar-refractivity contribution in [1.82, 2.24) is 10.2 Å². The Kier molecular flexibility index (Phi) is 6.71. The van der Waals surface area contributed by atoms with Crippen LogP contribution in [0.25, 0.3) is 0 Å². The highest BCUT2D eigenvalue weighted by Crippen LogP contribution is 2.43. The van der Waals surface area contributed by atoms with Gasteiger partial charge in [-0.3, -0.25) is 14.7 Å². The average molecular weight is 433 g/mol. The molecule has 1 saturated carbocycles. The van der Waals surface area contributed by atoms with E-state index in [9.17, 15) is 14.0 Å². The fourth-order valence-electron chi connectivity index (χ4n) is 4.41. The SMILES string of the molecule is C=N[C@H](Cc1ccc(B(O)O)cc1F)NC(=O)[C@@H]1[C@H]2CC[C@H](C2)N1C(=O)OC(C)(C)C. The molecule has 2 aliphatic rings. The van der Waals surface area contributed by atoms with Crippen molar-refractivity contribution in [3.8, 4) is 0 Å². The molecule has 1 heterocycles. The van der Waals surface area contributed by atoms with Crippen molar-refractivity contribution < 1.29 is 28.8 Å². The summed E-state index contributed by atoms with van der Waals surface area (Å²) in [4.78, 5) is 31.3. The van der Waals surface area contributed by atoms with Crippen LogP contribution in [0.1, 0.15) is 45.6 Å². The lowest BCUT2D eigenvalue weighted by Gasteiger charge is -2.36. The van der Waals surface area contributed by atoms with Crippen molar-refractivity contribution in [3.05, 3.63) is 29.6 Å². The van der Waals surface area contributed by atoms with E-state index in [1.165, 1.54) is 17.0 Å². The number of piperidine rings is 1. The second kappa shape index (κ2) is 8.96. The molecule has 0 aromatic heterocycles. The van der Waals surface area contributed by atoms with E-state index in [0.717, 1.165) is 25.3 Å². The minimum absolute atomic E-state index is 0.0272. The first kappa shape index (κ1) is 23.2. The monoisotopic (exact) mass is 433 g/mol. The van der Waals surface area contributed by atoms with Gasteiger partial charge in [0.15, 0.2) is 0 Å². The number of ether oxygens (including phenoxy) is 1. The predicted octanol–water partition coefficient (Wildman–Crippen LogP) is 0.979. The normalized spacial score (nSPS) is 23.4. The fraction of sp³-hybridized carbons (Fsp3) is 0.571.